The molecule has 2 aromatic carbocycles. The van der Waals surface area contributed by atoms with Gasteiger partial charge >= 0.3 is 13.1 Å². The van der Waals surface area contributed by atoms with Gasteiger partial charge in [-0.05, 0) is 95.4 Å². The summed E-state index contributed by atoms with van der Waals surface area (Å²) in [6.07, 6.45) is 3.50. The van der Waals surface area contributed by atoms with E-state index < -0.39 is 5.97 Å². The molecule has 1 N–H and O–H groups in total. The number of ether oxygens (including phenoxy) is 1. The number of unbranched alkanes of at least 4 members (excludes halogenated alkanes) is 1. The van der Waals surface area contributed by atoms with E-state index in [0.717, 1.165) is 36.0 Å². The fourth-order valence-corrected chi connectivity index (χ4v) is 5.11. The van der Waals surface area contributed by atoms with Crippen LogP contribution < -0.4 is 10.2 Å². The van der Waals surface area contributed by atoms with E-state index in [-0.39, 0.29) is 30.2 Å². The molecule has 0 bridgehead atoms. The molecule has 1 saturated heterocycles. The average Bonchev–Trinajstić information content (AvgIpc) is 3.02. The van der Waals surface area contributed by atoms with Crippen LogP contribution in [0.4, 0.5) is 0 Å². The Kier molecular flexibility index (Phi) is 8.62. The van der Waals surface area contributed by atoms with Crippen molar-refractivity contribution < 1.29 is 23.9 Å². The lowest BCUT2D eigenvalue weighted by Gasteiger charge is -2.34. The molecule has 5 nitrogen and oxygen atoms in total. The minimum Gasteiger partial charge on any atom is -0.493 e. The summed E-state index contributed by atoms with van der Waals surface area (Å²) in [5.41, 5.74) is 5.11. The zero-order valence-corrected chi connectivity index (χ0v) is 23.4. The van der Waals surface area contributed by atoms with Crippen molar-refractivity contribution in [3.63, 3.8) is 0 Å². The molecule has 3 rings (SSSR count). The van der Waals surface area contributed by atoms with Crippen LogP contribution >= 0.6 is 0 Å². The first kappa shape index (κ1) is 28.3. The molecule has 1 aliphatic rings. The van der Waals surface area contributed by atoms with Gasteiger partial charge in [-0.25, -0.2) is 0 Å². The molecular formula is C30H43BO5. The van der Waals surface area contributed by atoms with Crippen LogP contribution in [0.25, 0.3) is 0 Å². The normalized spacial score (nSPS) is 16.8. The van der Waals surface area contributed by atoms with E-state index in [1.165, 1.54) is 16.7 Å². The number of carbonyl (C=O) groups is 1. The van der Waals surface area contributed by atoms with Gasteiger partial charge in [0.05, 0.1) is 17.8 Å². The molecule has 1 fully saturated rings. The van der Waals surface area contributed by atoms with Crippen LogP contribution in [0.5, 0.6) is 5.75 Å². The quantitative estimate of drug-likeness (QED) is 0.292. The predicted octanol–water partition coefficient (Wildman–Crippen LogP) is 6.34. The largest absolute Gasteiger partial charge is 0.495 e. The third-order valence-electron chi connectivity index (χ3n) is 8.31. The van der Waals surface area contributed by atoms with Crippen LogP contribution in [-0.4, -0.2) is 36.0 Å². The first-order valence-electron chi connectivity index (χ1n) is 13.3. The summed E-state index contributed by atoms with van der Waals surface area (Å²) < 4.78 is 18.6. The van der Waals surface area contributed by atoms with Crippen LogP contribution in [0.1, 0.15) is 95.9 Å². The smallest absolute Gasteiger partial charge is 0.493 e. The topological polar surface area (TPSA) is 65.0 Å². The Morgan fingerprint density at radius 1 is 0.917 bits per heavy atom. The predicted molar refractivity (Wildman–Crippen MR) is 146 cm³/mol. The molecule has 1 aliphatic heterocycles. The minimum absolute atomic E-state index is 0.107. The highest BCUT2D eigenvalue weighted by molar-refractivity contribution is 6.62. The summed E-state index contributed by atoms with van der Waals surface area (Å²) in [5, 5.41) is 8.80. The molecule has 0 unspecified atom stereocenters. The molecule has 36 heavy (non-hydrogen) atoms. The van der Waals surface area contributed by atoms with Crippen molar-refractivity contribution in [3.05, 3.63) is 58.7 Å². The van der Waals surface area contributed by atoms with E-state index in [1.54, 1.807) is 0 Å². The lowest BCUT2D eigenvalue weighted by Crippen LogP contribution is -2.41. The van der Waals surface area contributed by atoms with E-state index in [9.17, 15) is 4.79 Å². The van der Waals surface area contributed by atoms with Gasteiger partial charge in [-0.3, -0.25) is 4.79 Å². The van der Waals surface area contributed by atoms with Crippen molar-refractivity contribution in [2.24, 2.45) is 0 Å². The Morgan fingerprint density at radius 2 is 1.47 bits per heavy atom. The Morgan fingerprint density at radius 3 is 1.97 bits per heavy atom. The van der Waals surface area contributed by atoms with Crippen molar-refractivity contribution in [2.45, 2.75) is 104 Å². The number of carboxylic acid groups (broad SMARTS) is 1. The molecule has 2 aromatic rings. The minimum atomic E-state index is -0.759. The maximum absolute atomic E-state index is 10.7. The molecule has 0 atom stereocenters. The van der Waals surface area contributed by atoms with Gasteiger partial charge in [0.2, 0.25) is 0 Å². The SMILES string of the molecule is CCC(CC)(c1ccc(OCCCCC(=O)O)c(C)c1)c1ccc(B2OC(C)(C)C(C)(C)O2)c(C)c1. The standard InChI is InChI=1S/C30H43BO5/c1-9-30(10-2,24-15-17-26(22(4)20-24)34-18-12-11-13-27(32)33)23-14-16-25(21(3)19-23)31-35-28(5,6)29(7,8)36-31/h14-17,19-20H,9-13,18H2,1-8H3,(H,32,33). The highest BCUT2D eigenvalue weighted by Gasteiger charge is 2.52. The number of aryl methyl sites for hydroxylation is 2. The van der Waals surface area contributed by atoms with Gasteiger partial charge in [0.25, 0.3) is 0 Å². The summed E-state index contributed by atoms with van der Waals surface area (Å²) in [6.45, 7) is 17.6. The van der Waals surface area contributed by atoms with Gasteiger partial charge in [-0.2, -0.15) is 0 Å². The number of benzene rings is 2. The van der Waals surface area contributed by atoms with Gasteiger partial charge in [0.15, 0.2) is 0 Å². The molecule has 0 radical (unpaired) electrons. The zero-order valence-electron chi connectivity index (χ0n) is 23.4. The molecule has 0 aromatic heterocycles. The van der Waals surface area contributed by atoms with Crippen LogP contribution in [0.3, 0.4) is 0 Å². The second-order valence-corrected chi connectivity index (χ2v) is 11.1. The highest BCUT2D eigenvalue weighted by Crippen LogP contribution is 2.41. The van der Waals surface area contributed by atoms with Crippen LogP contribution in [-0.2, 0) is 19.5 Å². The maximum Gasteiger partial charge on any atom is 0.495 e. The lowest BCUT2D eigenvalue weighted by atomic mass is 9.68. The Bertz CT molecular complexity index is 1060. The lowest BCUT2D eigenvalue weighted by molar-refractivity contribution is -0.137. The third kappa shape index (κ3) is 5.65. The van der Waals surface area contributed by atoms with Crippen molar-refractivity contribution in [2.75, 3.05) is 6.61 Å². The van der Waals surface area contributed by atoms with Crippen molar-refractivity contribution in [1.82, 2.24) is 0 Å². The monoisotopic (exact) mass is 494 g/mol. The van der Waals surface area contributed by atoms with Gasteiger partial charge in [0.1, 0.15) is 5.75 Å². The number of hydrogen-bond donors (Lipinski definition) is 1. The van der Waals surface area contributed by atoms with Gasteiger partial charge in [-0.15, -0.1) is 0 Å². The fourth-order valence-electron chi connectivity index (χ4n) is 5.11. The molecule has 0 amide bonds. The summed E-state index contributed by atoms with van der Waals surface area (Å²) in [7, 11) is -0.365. The summed E-state index contributed by atoms with van der Waals surface area (Å²) >= 11 is 0. The Balaban J connectivity index is 1.83. The van der Waals surface area contributed by atoms with Crippen molar-refractivity contribution in [3.8, 4) is 5.75 Å². The second kappa shape index (κ2) is 11.0. The second-order valence-electron chi connectivity index (χ2n) is 11.1. The van der Waals surface area contributed by atoms with E-state index in [2.05, 4.69) is 91.8 Å². The highest BCUT2D eigenvalue weighted by atomic mass is 16.7. The van der Waals surface area contributed by atoms with Crippen LogP contribution in [0, 0.1) is 13.8 Å². The Hall–Kier alpha value is -2.31. The zero-order chi connectivity index (χ0) is 26.7. The fraction of sp³-hybridized carbons (Fsp3) is 0.567. The molecule has 196 valence electrons. The Labute approximate surface area is 217 Å². The molecule has 1 heterocycles. The van der Waals surface area contributed by atoms with E-state index >= 15 is 0 Å². The average molecular weight is 494 g/mol. The number of carboxylic acids is 1. The third-order valence-corrected chi connectivity index (χ3v) is 8.31. The first-order valence-corrected chi connectivity index (χ1v) is 13.3. The van der Waals surface area contributed by atoms with E-state index in [1.807, 2.05) is 0 Å². The number of rotatable bonds is 11. The maximum atomic E-state index is 10.7. The molecule has 0 saturated carbocycles. The number of aliphatic carboxylic acids is 1. The molecular weight excluding hydrogens is 451 g/mol. The van der Waals surface area contributed by atoms with Gasteiger partial charge in [-0.1, -0.05) is 49.7 Å². The van der Waals surface area contributed by atoms with Crippen molar-refractivity contribution in [1.29, 1.82) is 0 Å². The van der Waals surface area contributed by atoms with Gasteiger partial charge in [0, 0.05) is 11.8 Å². The van der Waals surface area contributed by atoms with Gasteiger partial charge < -0.3 is 19.2 Å². The van der Waals surface area contributed by atoms with E-state index in [4.69, 9.17) is 19.2 Å². The number of hydrogen-bond acceptors (Lipinski definition) is 4. The molecule has 0 spiro atoms. The van der Waals surface area contributed by atoms with E-state index in [0.29, 0.717) is 13.0 Å². The van der Waals surface area contributed by atoms with Crippen LogP contribution in [0.15, 0.2) is 36.4 Å². The summed E-state index contributed by atoms with van der Waals surface area (Å²) in [6, 6.07) is 13.2. The summed E-state index contributed by atoms with van der Waals surface area (Å²) in [5.74, 6) is 0.104. The van der Waals surface area contributed by atoms with Crippen LogP contribution in [0.2, 0.25) is 0 Å². The molecule has 6 heteroatoms. The van der Waals surface area contributed by atoms with Crippen molar-refractivity contribution >= 4 is 18.6 Å². The summed E-state index contributed by atoms with van der Waals surface area (Å²) in [4.78, 5) is 10.7. The first-order chi connectivity index (χ1) is 16.9. The molecule has 0 aliphatic carbocycles.